The summed E-state index contributed by atoms with van der Waals surface area (Å²) in [6.45, 7) is 3.68. The Hall–Kier alpha value is -3.10. The van der Waals surface area contributed by atoms with Gasteiger partial charge in [-0.2, -0.15) is 4.98 Å². The van der Waals surface area contributed by atoms with Gasteiger partial charge in [0.15, 0.2) is 23.9 Å². The van der Waals surface area contributed by atoms with Crippen LogP contribution in [0.2, 0.25) is 0 Å². The van der Waals surface area contributed by atoms with Crippen molar-refractivity contribution in [2.45, 2.75) is 38.6 Å². The third-order valence-corrected chi connectivity index (χ3v) is 4.62. The summed E-state index contributed by atoms with van der Waals surface area (Å²) < 4.78 is 20.6. The van der Waals surface area contributed by atoms with Crippen LogP contribution in [0.15, 0.2) is 22.7 Å². The largest absolute Gasteiger partial charge is 0.493 e. The number of carbonyl (C=O) groups excluding carboxylic acids is 2. The lowest BCUT2D eigenvalue weighted by Gasteiger charge is -2.19. The van der Waals surface area contributed by atoms with Crippen LogP contribution in [0.3, 0.4) is 0 Å². The maximum absolute atomic E-state index is 12.8. The SMILES string of the molecule is COC(=O)COc1ccc(C(=O)NC(c2nc(C3CC3)no2)C(C)C)cc1OC. The van der Waals surface area contributed by atoms with Gasteiger partial charge in [0.2, 0.25) is 5.89 Å². The van der Waals surface area contributed by atoms with Crippen molar-refractivity contribution < 1.29 is 28.3 Å². The molecule has 1 heterocycles. The summed E-state index contributed by atoms with van der Waals surface area (Å²) in [4.78, 5) is 28.5. The second-order valence-electron chi connectivity index (χ2n) is 7.19. The van der Waals surface area contributed by atoms with E-state index in [4.69, 9.17) is 14.0 Å². The number of nitrogens with zero attached hydrogens (tertiary/aromatic N) is 2. The Morgan fingerprint density at radius 3 is 2.62 bits per heavy atom. The normalized spacial score (nSPS) is 14.4. The summed E-state index contributed by atoms with van der Waals surface area (Å²) in [5.41, 5.74) is 0.375. The Bertz CT molecular complexity index is 875. The van der Waals surface area contributed by atoms with E-state index in [-0.39, 0.29) is 18.4 Å². The molecule has 1 atom stereocenters. The number of amides is 1. The molecule has 0 radical (unpaired) electrons. The number of ether oxygens (including phenoxy) is 3. The van der Waals surface area contributed by atoms with Gasteiger partial charge in [-0.25, -0.2) is 4.79 Å². The topological polar surface area (TPSA) is 113 Å². The van der Waals surface area contributed by atoms with E-state index in [0.29, 0.717) is 34.7 Å². The van der Waals surface area contributed by atoms with Crippen LogP contribution in [0.4, 0.5) is 0 Å². The molecule has 3 rings (SSSR count). The zero-order valence-corrected chi connectivity index (χ0v) is 16.9. The maximum atomic E-state index is 12.8. The molecule has 0 aliphatic heterocycles. The van der Waals surface area contributed by atoms with Crippen molar-refractivity contribution in [3.8, 4) is 11.5 Å². The van der Waals surface area contributed by atoms with Crippen molar-refractivity contribution in [1.82, 2.24) is 15.5 Å². The zero-order valence-electron chi connectivity index (χ0n) is 16.9. The van der Waals surface area contributed by atoms with Crippen molar-refractivity contribution in [3.63, 3.8) is 0 Å². The minimum absolute atomic E-state index is 0.0519. The molecule has 1 saturated carbocycles. The van der Waals surface area contributed by atoms with E-state index in [1.807, 2.05) is 13.8 Å². The number of esters is 1. The van der Waals surface area contributed by atoms with Gasteiger partial charge in [0.05, 0.1) is 14.2 Å². The first kappa shape index (κ1) is 20.6. The molecule has 0 saturated heterocycles. The smallest absolute Gasteiger partial charge is 0.343 e. The average molecular weight is 403 g/mol. The predicted molar refractivity (Wildman–Crippen MR) is 102 cm³/mol. The van der Waals surface area contributed by atoms with E-state index in [9.17, 15) is 9.59 Å². The fourth-order valence-corrected chi connectivity index (χ4v) is 2.74. The molecule has 29 heavy (non-hydrogen) atoms. The highest BCUT2D eigenvalue weighted by atomic mass is 16.6. The Balaban J connectivity index is 1.72. The van der Waals surface area contributed by atoms with Crippen LogP contribution >= 0.6 is 0 Å². The second kappa shape index (κ2) is 8.93. The lowest BCUT2D eigenvalue weighted by Crippen LogP contribution is -2.32. The van der Waals surface area contributed by atoms with Crippen molar-refractivity contribution in [3.05, 3.63) is 35.5 Å². The molecule has 0 spiro atoms. The molecular formula is C20H25N3O6. The molecule has 9 nitrogen and oxygen atoms in total. The lowest BCUT2D eigenvalue weighted by atomic mass is 10.0. The van der Waals surface area contributed by atoms with Crippen LogP contribution < -0.4 is 14.8 Å². The lowest BCUT2D eigenvalue weighted by molar-refractivity contribution is -0.142. The third kappa shape index (κ3) is 5.04. The van der Waals surface area contributed by atoms with Gasteiger partial charge < -0.3 is 24.1 Å². The van der Waals surface area contributed by atoms with E-state index in [1.54, 1.807) is 18.2 Å². The molecule has 1 aliphatic carbocycles. The summed E-state index contributed by atoms with van der Waals surface area (Å²) in [5.74, 6) is 1.37. The van der Waals surface area contributed by atoms with E-state index in [0.717, 1.165) is 12.8 Å². The Labute approximate surface area is 168 Å². The third-order valence-electron chi connectivity index (χ3n) is 4.62. The summed E-state index contributed by atoms with van der Waals surface area (Å²) >= 11 is 0. The zero-order chi connectivity index (χ0) is 21.0. The van der Waals surface area contributed by atoms with Crippen LogP contribution in [0.1, 0.15) is 60.7 Å². The second-order valence-corrected chi connectivity index (χ2v) is 7.19. The summed E-state index contributed by atoms with van der Waals surface area (Å²) in [6.07, 6.45) is 2.14. The molecule has 1 amide bonds. The Morgan fingerprint density at radius 2 is 2.00 bits per heavy atom. The Kier molecular flexibility index (Phi) is 6.36. The summed E-state index contributed by atoms with van der Waals surface area (Å²) in [7, 11) is 2.73. The molecular weight excluding hydrogens is 378 g/mol. The standard InChI is InChI=1S/C20H25N3O6/c1-11(2)17(20-22-18(23-29-20)12-5-6-12)21-19(25)13-7-8-14(15(9-13)26-3)28-10-16(24)27-4/h7-9,11-12,17H,5-6,10H2,1-4H3,(H,21,25). The van der Waals surface area contributed by atoms with Gasteiger partial charge in [-0.05, 0) is 37.0 Å². The number of benzene rings is 1. The van der Waals surface area contributed by atoms with Gasteiger partial charge in [0.1, 0.15) is 6.04 Å². The van der Waals surface area contributed by atoms with E-state index in [1.165, 1.54) is 14.2 Å². The van der Waals surface area contributed by atoms with Gasteiger partial charge in [0, 0.05) is 11.5 Å². The monoisotopic (exact) mass is 403 g/mol. The minimum atomic E-state index is -0.515. The number of rotatable bonds is 9. The van der Waals surface area contributed by atoms with Crippen molar-refractivity contribution >= 4 is 11.9 Å². The highest BCUT2D eigenvalue weighted by molar-refractivity contribution is 5.95. The molecule has 0 bridgehead atoms. The van der Waals surface area contributed by atoms with Crippen molar-refractivity contribution in [1.29, 1.82) is 0 Å². The van der Waals surface area contributed by atoms with Crippen LogP contribution in [0, 0.1) is 5.92 Å². The first-order chi connectivity index (χ1) is 13.9. The van der Waals surface area contributed by atoms with Gasteiger partial charge >= 0.3 is 5.97 Å². The number of hydrogen-bond donors (Lipinski definition) is 1. The van der Waals surface area contributed by atoms with E-state index in [2.05, 4.69) is 20.2 Å². The molecule has 1 unspecified atom stereocenters. The molecule has 1 aromatic carbocycles. The molecule has 1 N–H and O–H groups in total. The minimum Gasteiger partial charge on any atom is -0.493 e. The summed E-state index contributed by atoms with van der Waals surface area (Å²) in [5, 5.41) is 6.98. The van der Waals surface area contributed by atoms with Crippen molar-refractivity contribution in [2.75, 3.05) is 20.8 Å². The first-order valence-electron chi connectivity index (χ1n) is 9.45. The molecule has 156 valence electrons. The van der Waals surface area contributed by atoms with Crippen LogP contribution in [0.25, 0.3) is 0 Å². The Morgan fingerprint density at radius 1 is 1.24 bits per heavy atom. The van der Waals surface area contributed by atoms with Gasteiger partial charge in [-0.3, -0.25) is 4.79 Å². The summed E-state index contributed by atoms with van der Waals surface area (Å²) in [6, 6.07) is 4.29. The predicted octanol–water partition coefficient (Wildman–Crippen LogP) is 2.63. The molecule has 1 aliphatic rings. The first-order valence-corrected chi connectivity index (χ1v) is 9.45. The molecule has 1 aromatic heterocycles. The van der Waals surface area contributed by atoms with Crippen LogP contribution in [-0.4, -0.2) is 42.8 Å². The van der Waals surface area contributed by atoms with Crippen LogP contribution in [0.5, 0.6) is 11.5 Å². The molecule has 2 aromatic rings. The quantitative estimate of drug-likeness (QED) is 0.636. The highest BCUT2D eigenvalue weighted by Gasteiger charge is 2.31. The fourth-order valence-electron chi connectivity index (χ4n) is 2.74. The number of aromatic nitrogens is 2. The number of hydrogen-bond acceptors (Lipinski definition) is 8. The van der Waals surface area contributed by atoms with Gasteiger partial charge in [-0.1, -0.05) is 19.0 Å². The number of methoxy groups -OCH3 is 2. The van der Waals surface area contributed by atoms with Gasteiger partial charge in [-0.15, -0.1) is 0 Å². The average Bonchev–Trinajstić information content (AvgIpc) is 3.46. The number of nitrogens with one attached hydrogen (secondary N) is 1. The van der Waals surface area contributed by atoms with Gasteiger partial charge in [0.25, 0.3) is 5.91 Å². The molecule has 1 fully saturated rings. The van der Waals surface area contributed by atoms with Crippen molar-refractivity contribution in [2.24, 2.45) is 5.92 Å². The molecule has 9 heteroatoms. The number of carbonyl (C=O) groups is 2. The fraction of sp³-hybridized carbons (Fsp3) is 0.500. The van der Waals surface area contributed by atoms with Crippen LogP contribution in [-0.2, 0) is 9.53 Å². The highest BCUT2D eigenvalue weighted by Crippen LogP contribution is 2.38. The van der Waals surface area contributed by atoms with E-state index >= 15 is 0 Å². The maximum Gasteiger partial charge on any atom is 0.343 e. The van der Waals surface area contributed by atoms with E-state index < -0.39 is 12.0 Å².